The standard InChI is InChI=1S/C13H14IN3O/c1-3-9-6-4-5-8(2)11(9)17-12-10(14)13(18)16-7-15-12/h4-7H,3H2,1-2H3,(H2,15,16,17,18). The summed E-state index contributed by atoms with van der Waals surface area (Å²) in [6.07, 6.45) is 2.35. The Bertz CT molecular complexity index is 622. The van der Waals surface area contributed by atoms with E-state index in [1.807, 2.05) is 41.6 Å². The lowest BCUT2D eigenvalue weighted by molar-refractivity contribution is 1.09. The van der Waals surface area contributed by atoms with Crippen LogP contribution in [-0.2, 0) is 6.42 Å². The molecule has 2 N–H and O–H groups in total. The summed E-state index contributed by atoms with van der Waals surface area (Å²) in [5.41, 5.74) is 3.27. The van der Waals surface area contributed by atoms with Crippen LogP contribution in [0.2, 0.25) is 0 Å². The predicted molar refractivity (Wildman–Crippen MR) is 81.4 cm³/mol. The maximum absolute atomic E-state index is 11.5. The Kier molecular flexibility index (Phi) is 4.00. The molecule has 0 atom stereocenters. The number of anilines is 2. The van der Waals surface area contributed by atoms with Gasteiger partial charge in [-0.05, 0) is 47.1 Å². The number of hydrogen-bond donors (Lipinski definition) is 2. The third-order valence-electron chi connectivity index (χ3n) is 2.78. The van der Waals surface area contributed by atoms with Gasteiger partial charge in [0.15, 0.2) is 5.82 Å². The van der Waals surface area contributed by atoms with Crippen molar-refractivity contribution in [1.29, 1.82) is 0 Å². The molecule has 0 unspecified atom stereocenters. The minimum atomic E-state index is -0.125. The number of aromatic amines is 1. The number of benzene rings is 1. The fourth-order valence-corrected chi connectivity index (χ4v) is 2.22. The van der Waals surface area contributed by atoms with Gasteiger partial charge in [0, 0.05) is 5.69 Å². The Morgan fingerprint density at radius 1 is 1.44 bits per heavy atom. The topological polar surface area (TPSA) is 57.8 Å². The summed E-state index contributed by atoms with van der Waals surface area (Å²) in [6.45, 7) is 4.15. The smallest absolute Gasteiger partial charge is 0.266 e. The van der Waals surface area contributed by atoms with Crippen LogP contribution in [-0.4, -0.2) is 9.97 Å². The SMILES string of the molecule is CCc1cccc(C)c1Nc1nc[nH]c(=O)c1I. The van der Waals surface area contributed by atoms with Crippen molar-refractivity contribution in [3.05, 3.63) is 49.6 Å². The molecule has 4 nitrogen and oxygen atoms in total. The Morgan fingerprint density at radius 2 is 2.22 bits per heavy atom. The lowest BCUT2D eigenvalue weighted by atomic mass is 10.1. The number of nitrogens with zero attached hydrogens (tertiary/aromatic N) is 1. The van der Waals surface area contributed by atoms with E-state index in [0.717, 1.165) is 17.7 Å². The first kappa shape index (κ1) is 13.1. The van der Waals surface area contributed by atoms with Crippen molar-refractivity contribution in [1.82, 2.24) is 9.97 Å². The minimum absolute atomic E-state index is 0.125. The second-order valence-electron chi connectivity index (χ2n) is 3.98. The van der Waals surface area contributed by atoms with Crippen molar-refractivity contribution < 1.29 is 0 Å². The van der Waals surface area contributed by atoms with E-state index in [-0.39, 0.29) is 5.56 Å². The molecule has 0 fully saturated rings. The molecule has 0 spiro atoms. The maximum Gasteiger partial charge on any atom is 0.266 e. The minimum Gasteiger partial charge on any atom is -0.339 e. The first-order chi connectivity index (χ1) is 8.63. The summed E-state index contributed by atoms with van der Waals surface area (Å²) in [5, 5.41) is 3.26. The first-order valence-corrected chi connectivity index (χ1v) is 6.80. The van der Waals surface area contributed by atoms with Gasteiger partial charge in [-0.25, -0.2) is 4.98 Å². The number of rotatable bonds is 3. The van der Waals surface area contributed by atoms with Gasteiger partial charge in [0.25, 0.3) is 5.56 Å². The number of nitrogens with one attached hydrogen (secondary N) is 2. The molecule has 94 valence electrons. The van der Waals surface area contributed by atoms with Crippen molar-refractivity contribution >= 4 is 34.1 Å². The highest BCUT2D eigenvalue weighted by atomic mass is 127. The molecule has 1 aromatic heterocycles. The summed E-state index contributed by atoms with van der Waals surface area (Å²) in [7, 11) is 0. The van der Waals surface area contributed by atoms with Gasteiger partial charge in [0.05, 0.1) is 6.33 Å². The summed E-state index contributed by atoms with van der Waals surface area (Å²) in [5.74, 6) is 0.600. The third-order valence-corrected chi connectivity index (χ3v) is 3.78. The molecule has 5 heteroatoms. The molecule has 2 rings (SSSR count). The van der Waals surface area contributed by atoms with E-state index in [9.17, 15) is 4.79 Å². The molecule has 0 radical (unpaired) electrons. The number of hydrogen-bond acceptors (Lipinski definition) is 3. The number of para-hydroxylation sites is 1. The molecule has 2 aromatic rings. The molecule has 0 bridgehead atoms. The number of aryl methyl sites for hydroxylation is 2. The number of H-pyrrole nitrogens is 1. The monoisotopic (exact) mass is 355 g/mol. The van der Waals surface area contributed by atoms with E-state index in [2.05, 4.69) is 28.3 Å². The van der Waals surface area contributed by atoms with Crippen molar-refractivity contribution in [3.8, 4) is 0 Å². The van der Waals surface area contributed by atoms with E-state index >= 15 is 0 Å². The second-order valence-corrected chi connectivity index (χ2v) is 5.06. The van der Waals surface area contributed by atoms with Gasteiger partial charge in [-0.1, -0.05) is 25.1 Å². The molecule has 0 aliphatic heterocycles. The van der Waals surface area contributed by atoms with Gasteiger partial charge in [-0.2, -0.15) is 0 Å². The quantitative estimate of drug-likeness (QED) is 0.833. The Balaban J connectivity index is 2.46. The van der Waals surface area contributed by atoms with Gasteiger partial charge in [-0.15, -0.1) is 0 Å². The van der Waals surface area contributed by atoms with Crippen LogP contribution in [0, 0.1) is 10.5 Å². The van der Waals surface area contributed by atoms with Crippen molar-refractivity contribution in [2.24, 2.45) is 0 Å². The molecule has 1 heterocycles. The van der Waals surface area contributed by atoms with E-state index in [1.165, 1.54) is 11.9 Å². The molecule has 0 aliphatic carbocycles. The highest BCUT2D eigenvalue weighted by Gasteiger charge is 2.09. The first-order valence-electron chi connectivity index (χ1n) is 5.72. The third kappa shape index (κ3) is 2.55. The van der Waals surface area contributed by atoms with Crippen LogP contribution in [0.5, 0.6) is 0 Å². The Hall–Kier alpha value is -1.37. The van der Waals surface area contributed by atoms with Crippen LogP contribution in [0.4, 0.5) is 11.5 Å². The highest BCUT2D eigenvalue weighted by molar-refractivity contribution is 14.1. The molecule has 0 aliphatic rings. The number of halogens is 1. The predicted octanol–water partition coefficient (Wildman–Crippen LogP) is 2.99. The second kappa shape index (κ2) is 5.51. The zero-order valence-electron chi connectivity index (χ0n) is 10.2. The van der Waals surface area contributed by atoms with Crippen LogP contribution in [0.3, 0.4) is 0 Å². The zero-order valence-corrected chi connectivity index (χ0v) is 12.4. The van der Waals surface area contributed by atoms with E-state index < -0.39 is 0 Å². The highest BCUT2D eigenvalue weighted by Crippen LogP contribution is 2.25. The summed E-state index contributed by atoms with van der Waals surface area (Å²) < 4.78 is 0.570. The van der Waals surface area contributed by atoms with Gasteiger partial charge in [-0.3, -0.25) is 4.79 Å². The maximum atomic E-state index is 11.5. The fourth-order valence-electron chi connectivity index (χ4n) is 1.79. The molecule has 0 amide bonds. The Labute approximate surface area is 119 Å². The van der Waals surface area contributed by atoms with Gasteiger partial charge in [0.2, 0.25) is 0 Å². The molecule has 1 aromatic carbocycles. The molecule has 18 heavy (non-hydrogen) atoms. The average molecular weight is 355 g/mol. The van der Waals surface area contributed by atoms with Crippen molar-refractivity contribution in [2.45, 2.75) is 20.3 Å². The van der Waals surface area contributed by atoms with Gasteiger partial charge in [0.1, 0.15) is 3.57 Å². The molecular formula is C13H14IN3O. The normalized spacial score (nSPS) is 10.4. The van der Waals surface area contributed by atoms with Crippen LogP contribution in [0.25, 0.3) is 0 Å². The Morgan fingerprint density at radius 3 is 2.94 bits per heavy atom. The zero-order chi connectivity index (χ0) is 13.1. The summed E-state index contributed by atoms with van der Waals surface area (Å²) >= 11 is 2.00. The van der Waals surface area contributed by atoms with Crippen LogP contribution >= 0.6 is 22.6 Å². The lowest BCUT2D eigenvalue weighted by Gasteiger charge is -2.13. The van der Waals surface area contributed by atoms with Crippen LogP contribution in [0.15, 0.2) is 29.3 Å². The average Bonchev–Trinajstić information content (AvgIpc) is 2.37. The van der Waals surface area contributed by atoms with Gasteiger partial charge >= 0.3 is 0 Å². The van der Waals surface area contributed by atoms with E-state index in [4.69, 9.17) is 0 Å². The van der Waals surface area contributed by atoms with Crippen LogP contribution in [0.1, 0.15) is 18.1 Å². The molecular weight excluding hydrogens is 341 g/mol. The fraction of sp³-hybridized carbons (Fsp3) is 0.231. The van der Waals surface area contributed by atoms with Gasteiger partial charge < -0.3 is 10.3 Å². The van der Waals surface area contributed by atoms with E-state index in [1.54, 1.807) is 0 Å². The van der Waals surface area contributed by atoms with E-state index in [0.29, 0.717) is 9.39 Å². The van der Waals surface area contributed by atoms with Crippen molar-refractivity contribution in [2.75, 3.05) is 5.32 Å². The number of aromatic nitrogens is 2. The summed E-state index contributed by atoms with van der Waals surface area (Å²) in [6, 6.07) is 6.16. The summed E-state index contributed by atoms with van der Waals surface area (Å²) in [4.78, 5) is 18.3. The molecule has 0 saturated heterocycles. The molecule has 0 saturated carbocycles. The van der Waals surface area contributed by atoms with Crippen LogP contribution < -0.4 is 10.9 Å². The lowest BCUT2D eigenvalue weighted by Crippen LogP contribution is -2.13. The van der Waals surface area contributed by atoms with Crippen molar-refractivity contribution in [3.63, 3.8) is 0 Å². The largest absolute Gasteiger partial charge is 0.339 e.